The van der Waals surface area contributed by atoms with Crippen LogP contribution in [0.4, 0.5) is 0 Å². The van der Waals surface area contributed by atoms with E-state index in [1.54, 1.807) is 23.1 Å². The van der Waals surface area contributed by atoms with Crippen molar-refractivity contribution in [2.24, 2.45) is 5.73 Å². The molecule has 1 fully saturated rings. The predicted molar refractivity (Wildman–Crippen MR) is 71.5 cm³/mol. The molecule has 0 radical (unpaired) electrons. The number of hydrogen-bond donors (Lipinski definition) is 2. The number of rotatable bonds is 6. The van der Waals surface area contributed by atoms with E-state index in [4.69, 9.17) is 10.5 Å². The summed E-state index contributed by atoms with van der Waals surface area (Å²) in [5, 5.41) is 9.47. The number of methoxy groups -OCH3 is 1. The number of nitrogens with two attached hydrogens (primary N) is 1. The van der Waals surface area contributed by atoms with E-state index in [0.717, 1.165) is 18.4 Å². The molecule has 0 heterocycles. The maximum absolute atomic E-state index is 12.3. The van der Waals surface area contributed by atoms with Gasteiger partial charge in [-0.25, -0.2) is 0 Å². The number of amides is 1. The number of hydrogen-bond acceptors (Lipinski definition) is 4. The van der Waals surface area contributed by atoms with Gasteiger partial charge < -0.3 is 20.5 Å². The number of carbonyl (C=O) groups excluding carboxylic acids is 1. The van der Waals surface area contributed by atoms with Crippen molar-refractivity contribution >= 4 is 5.91 Å². The third kappa shape index (κ3) is 3.45. The molecule has 2 rings (SSSR count). The molecule has 19 heavy (non-hydrogen) atoms. The van der Waals surface area contributed by atoms with Gasteiger partial charge in [-0.2, -0.15) is 0 Å². The van der Waals surface area contributed by atoms with E-state index in [1.165, 1.54) is 7.11 Å². The highest BCUT2D eigenvalue weighted by Gasteiger charge is 2.35. The molecule has 0 spiro atoms. The van der Waals surface area contributed by atoms with Gasteiger partial charge in [0, 0.05) is 26.2 Å². The molecule has 1 aromatic carbocycles. The molecule has 3 N–H and O–H groups in total. The average molecular weight is 264 g/mol. The van der Waals surface area contributed by atoms with Crippen molar-refractivity contribution in [2.45, 2.75) is 31.5 Å². The Hall–Kier alpha value is -1.59. The molecule has 5 heteroatoms. The van der Waals surface area contributed by atoms with E-state index in [1.807, 2.05) is 6.07 Å². The van der Waals surface area contributed by atoms with Crippen molar-refractivity contribution in [3.8, 4) is 5.75 Å². The van der Waals surface area contributed by atoms with Crippen molar-refractivity contribution < 1.29 is 14.6 Å². The molecule has 5 nitrogen and oxygen atoms in total. The second-order valence-electron chi connectivity index (χ2n) is 4.83. The van der Waals surface area contributed by atoms with Crippen LogP contribution in [0.2, 0.25) is 0 Å². The Labute approximate surface area is 113 Å². The first kappa shape index (κ1) is 13.8. The Kier molecular flexibility index (Phi) is 4.39. The third-order valence-corrected chi connectivity index (χ3v) is 3.31. The highest BCUT2D eigenvalue weighted by molar-refractivity contribution is 5.81. The Morgan fingerprint density at radius 2 is 2.32 bits per heavy atom. The zero-order valence-electron chi connectivity index (χ0n) is 11.1. The van der Waals surface area contributed by atoms with Gasteiger partial charge in [0.05, 0.1) is 0 Å². The van der Waals surface area contributed by atoms with E-state index in [-0.39, 0.29) is 24.2 Å². The van der Waals surface area contributed by atoms with Gasteiger partial charge in [0.2, 0.25) is 0 Å². The fourth-order valence-corrected chi connectivity index (χ4v) is 2.11. The first-order valence-electron chi connectivity index (χ1n) is 6.47. The Morgan fingerprint density at radius 1 is 1.58 bits per heavy atom. The molecule has 1 aromatic rings. The number of ether oxygens (including phenoxy) is 1. The highest BCUT2D eigenvalue weighted by Crippen LogP contribution is 2.29. The number of aromatic hydroxyl groups is 1. The molecule has 1 aliphatic rings. The summed E-state index contributed by atoms with van der Waals surface area (Å²) >= 11 is 0. The summed E-state index contributed by atoms with van der Waals surface area (Å²) in [4.78, 5) is 14.1. The summed E-state index contributed by atoms with van der Waals surface area (Å²) in [6.07, 6.45) is 1.45. The number of benzene rings is 1. The van der Waals surface area contributed by atoms with Crippen molar-refractivity contribution in [1.29, 1.82) is 0 Å². The van der Waals surface area contributed by atoms with E-state index in [2.05, 4.69) is 0 Å². The SMILES string of the molecule is COC(CN)C(=O)N(Cc1cccc(O)c1)C1CC1. The van der Waals surface area contributed by atoms with E-state index < -0.39 is 6.10 Å². The molecule has 1 aliphatic carbocycles. The normalized spacial score (nSPS) is 16.1. The third-order valence-electron chi connectivity index (χ3n) is 3.31. The number of nitrogens with zero attached hydrogens (tertiary/aromatic N) is 1. The summed E-state index contributed by atoms with van der Waals surface area (Å²) in [5.41, 5.74) is 6.46. The lowest BCUT2D eigenvalue weighted by atomic mass is 10.2. The smallest absolute Gasteiger partial charge is 0.253 e. The molecule has 1 atom stereocenters. The Morgan fingerprint density at radius 3 is 2.84 bits per heavy atom. The quantitative estimate of drug-likeness (QED) is 0.799. The fraction of sp³-hybridized carbons (Fsp3) is 0.500. The first-order chi connectivity index (χ1) is 9.15. The Balaban J connectivity index is 2.10. The minimum atomic E-state index is -0.585. The van der Waals surface area contributed by atoms with Crippen LogP contribution in [0.15, 0.2) is 24.3 Å². The predicted octanol–water partition coefficient (Wildman–Crippen LogP) is 0.857. The molecular formula is C14H20N2O3. The van der Waals surface area contributed by atoms with Crippen molar-refractivity contribution in [3.63, 3.8) is 0 Å². The lowest BCUT2D eigenvalue weighted by Gasteiger charge is -2.26. The average Bonchev–Trinajstić information content (AvgIpc) is 3.21. The second kappa shape index (κ2) is 6.04. The minimum absolute atomic E-state index is 0.0733. The van der Waals surface area contributed by atoms with Gasteiger partial charge in [0.15, 0.2) is 0 Å². The van der Waals surface area contributed by atoms with Gasteiger partial charge in [0.1, 0.15) is 11.9 Å². The maximum Gasteiger partial charge on any atom is 0.253 e. The molecule has 104 valence electrons. The van der Waals surface area contributed by atoms with Crippen LogP contribution in [0.5, 0.6) is 5.75 Å². The van der Waals surface area contributed by atoms with E-state index in [0.29, 0.717) is 6.54 Å². The summed E-state index contributed by atoms with van der Waals surface area (Å²) in [7, 11) is 1.49. The van der Waals surface area contributed by atoms with Crippen molar-refractivity contribution in [1.82, 2.24) is 4.90 Å². The van der Waals surface area contributed by atoms with Gasteiger partial charge in [-0.1, -0.05) is 12.1 Å². The molecule has 1 unspecified atom stereocenters. The lowest BCUT2D eigenvalue weighted by molar-refractivity contribution is -0.142. The molecule has 0 saturated heterocycles. The molecule has 1 amide bonds. The summed E-state index contributed by atoms with van der Waals surface area (Å²) in [5.74, 6) is 0.138. The van der Waals surface area contributed by atoms with Crippen LogP contribution in [0.3, 0.4) is 0 Å². The highest BCUT2D eigenvalue weighted by atomic mass is 16.5. The summed E-state index contributed by atoms with van der Waals surface area (Å²) in [6.45, 7) is 0.663. The van der Waals surface area contributed by atoms with Gasteiger partial charge in [-0.05, 0) is 30.5 Å². The number of phenols is 1. The summed E-state index contributed by atoms with van der Waals surface area (Å²) < 4.78 is 5.12. The van der Waals surface area contributed by atoms with Crippen LogP contribution in [-0.2, 0) is 16.1 Å². The van der Waals surface area contributed by atoms with Crippen LogP contribution >= 0.6 is 0 Å². The fourth-order valence-electron chi connectivity index (χ4n) is 2.11. The topological polar surface area (TPSA) is 75.8 Å². The van der Waals surface area contributed by atoms with Crippen molar-refractivity contribution in [2.75, 3.05) is 13.7 Å². The number of phenolic OH excluding ortho intramolecular Hbond substituents is 1. The summed E-state index contributed by atoms with van der Waals surface area (Å²) in [6, 6.07) is 7.24. The second-order valence-corrected chi connectivity index (χ2v) is 4.83. The molecule has 0 aromatic heterocycles. The largest absolute Gasteiger partial charge is 0.508 e. The van der Waals surface area contributed by atoms with Crippen LogP contribution in [-0.4, -0.2) is 41.7 Å². The van der Waals surface area contributed by atoms with Gasteiger partial charge in [0.25, 0.3) is 5.91 Å². The van der Waals surface area contributed by atoms with Crippen LogP contribution in [0.25, 0.3) is 0 Å². The van der Waals surface area contributed by atoms with Gasteiger partial charge >= 0.3 is 0 Å². The van der Waals surface area contributed by atoms with Crippen LogP contribution in [0.1, 0.15) is 18.4 Å². The molecule has 1 saturated carbocycles. The molecule has 0 bridgehead atoms. The van der Waals surface area contributed by atoms with Crippen LogP contribution in [0, 0.1) is 0 Å². The zero-order valence-corrected chi connectivity index (χ0v) is 11.1. The number of carbonyl (C=O) groups is 1. The van der Waals surface area contributed by atoms with Crippen molar-refractivity contribution in [3.05, 3.63) is 29.8 Å². The van der Waals surface area contributed by atoms with Gasteiger partial charge in [-0.3, -0.25) is 4.79 Å². The monoisotopic (exact) mass is 264 g/mol. The minimum Gasteiger partial charge on any atom is -0.508 e. The lowest BCUT2D eigenvalue weighted by Crippen LogP contribution is -2.44. The van der Waals surface area contributed by atoms with Crippen LogP contribution < -0.4 is 5.73 Å². The Bertz CT molecular complexity index is 442. The maximum atomic E-state index is 12.3. The van der Waals surface area contributed by atoms with E-state index in [9.17, 15) is 9.90 Å². The molecular weight excluding hydrogens is 244 g/mol. The standard InChI is InChI=1S/C14H20N2O3/c1-19-13(8-15)14(18)16(11-5-6-11)9-10-3-2-4-12(17)7-10/h2-4,7,11,13,17H,5-6,8-9,15H2,1H3. The zero-order chi connectivity index (χ0) is 13.8. The van der Waals surface area contributed by atoms with E-state index >= 15 is 0 Å². The van der Waals surface area contributed by atoms with Gasteiger partial charge in [-0.15, -0.1) is 0 Å². The molecule has 0 aliphatic heterocycles. The first-order valence-corrected chi connectivity index (χ1v) is 6.47.